The highest BCUT2D eigenvalue weighted by Crippen LogP contribution is 2.49. The van der Waals surface area contributed by atoms with Gasteiger partial charge in [0.2, 0.25) is 0 Å². The second-order valence-corrected chi connectivity index (χ2v) is 3.28. The van der Waals surface area contributed by atoms with Gasteiger partial charge in [-0.15, -0.1) is 0 Å². The van der Waals surface area contributed by atoms with Gasteiger partial charge in [0.15, 0.2) is 0 Å². The van der Waals surface area contributed by atoms with Gasteiger partial charge < -0.3 is 0 Å². The van der Waals surface area contributed by atoms with Crippen LogP contribution < -0.4 is 0 Å². The van der Waals surface area contributed by atoms with Gasteiger partial charge in [0.1, 0.15) is 0 Å². The van der Waals surface area contributed by atoms with Gasteiger partial charge in [-0.2, -0.15) is 0 Å². The molecule has 52 valence electrons. The van der Waals surface area contributed by atoms with E-state index in [9.17, 15) is 0 Å². The highest BCUT2D eigenvalue weighted by Gasteiger charge is 2.43. The van der Waals surface area contributed by atoms with Crippen LogP contribution in [-0.4, -0.2) is 0 Å². The monoisotopic (exact) mass is 124 g/mol. The van der Waals surface area contributed by atoms with Crippen LogP contribution in [0.1, 0.15) is 27.7 Å². The van der Waals surface area contributed by atoms with Gasteiger partial charge in [0.05, 0.1) is 0 Å². The molecule has 2 unspecified atom stereocenters. The lowest BCUT2D eigenvalue weighted by Crippen LogP contribution is -1.80. The van der Waals surface area contributed by atoms with Crippen LogP contribution >= 0.6 is 0 Å². The molecule has 0 radical (unpaired) electrons. The first-order chi connectivity index (χ1) is 4.18. The van der Waals surface area contributed by atoms with Gasteiger partial charge in [0, 0.05) is 0 Å². The van der Waals surface area contributed by atoms with E-state index in [1.807, 2.05) is 0 Å². The van der Waals surface area contributed by atoms with Crippen LogP contribution in [0.2, 0.25) is 0 Å². The predicted octanol–water partition coefficient (Wildman–Crippen LogP) is 2.85. The Morgan fingerprint density at radius 2 is 1.67 bits per heavy atom. The Morgan fingerprint density at radius 3 is 1.78 bits per heavy atom. The smallest absolute Gasteiger partial charge is 0.0149 e. The van der Waals surface area contributed by atoms with E-state index in [0.29, 0.717) is 0 Å². The summed E-state index contributed by atoms with van der Waals surface area (Å²) in [5.41, 5.74) is 1.58. The maximum Gasteiger partial charge on any atom is -0.0149 e. The number of hydrogen-bond acceptors (Lipinski definition) is 0. The van der Waals surface area contributed by atoms with Crippen molar-refractivity contribution in [2.24, 2.45) is 17.8 Å². The first-order valence-electron chi connectivity index (χ1n) is 3.81. The highest BCUT2D eigenvalue weighted by molar-refractivity contribution is 5.14. The Labute approximate surface area is 58.0 Å². The van der Waals surface area contributed by atoms with Crippen LogP contribution in [-0.2, 0) is 0 Å². The third-order valence-electron chi connectivity index (χ3n) is 2.80. The second kappa shape index (κ2) is 2.17. The van der Waals surface area contributed by atoms with Gasteiger partial charge in [-0.1, -0.05) is 25.5 Å². The summed E-state index contributed by atoms with van der Waals surface area (Å²) in [6.07, 6.45) is 2.24. The molecule has 0 nitrogen and oxygen atoms in total. The fourth-order valence-corrected chi connectivity index (χ4v) is 1.68. The van der Waals surface area contributed by atoms with E-state index in [4.69, 9.17) is 0 Å². The zero-order valence-corrected chi connectivity index (χ0v) is 6.81. The number of allylic oxidation sites excluding steroid dienone is 2. The number of hydrogen-bond donors (Lipinski definition) is 0. The molecular weight excluding hydrogens is 108 g/mol. The zero-order valence-electron chi connectivity index (χ0n) is 6.81. The summed E-state index contributed by atoms with van der Waals surface area (Å²) in [6.45, 7) is 9.04. The van der Waals surface area contributed by atoms with Crippen molar-refractivity contribution in [3.05, 3.63) is 11.6 Å². The van der Waals surface area contributed by atoms with E-state index in [0.717, 1.165) is 17.8 Å². The van der Waals surface area contributed by atoms with Crippen LogP contribution in [0.25, 0.3) is 0 Å². The second-order valence-electron chi connectivity index (χ2n) is 3.28. The van der Waals surface area contributed by atoms with E-state index in [1.54, 1.807) is 5.57 Å². The van der Waals surface area contributed by atoms with Crippen molar-refractivity contribution in [3.63, 3.8) is 0 Å². The van der Waals surface area contributed by atoms with Crippen molar-refractivity contribution in [2.45, 2.75) is 27.7 Å². The van der Waals surface area contributed by atoms with Crippen LogP contribution in [0, 0.1) is 17.8 Å². The molecule has 1 rings (SSSR count). The topological polar surface area (TPSA) is 0 Å². The molecule has 2 atom stereocenters. The molecule has 0 heterocycles. The van der Waals surface area contributed by atoms with Crippen LogP contribution in [0.15, 0.2) is 11.6 Å². The van der Waals surface area contributed by atoms with Gasteiger partial charge in [-0.25, -0.2) is 0 Å². The lowest BCUT2D eigenvalue weighted by molar-refractivity contribution is 0.834. The Kier molecular flexibility index (Phi) is 1.65. The molecule has 0 aromatic heterocycles. The summed E-state index contributed by atoms with van der Waals surface area (Å²) >= 11 is 0. The molecule has 0 heteroatoms. The number of rotatable bonds is 1. The first kappa shape index (κ1) is 6.85. The zero-order chi connectivity index (χ0) is 7.02. The summed E-state index contributed by atoms with van der Waals surface area (Å²) < 4.78 is 0. The molecule has 0 spiro atoms. The highest BCUT2D eigenvalue weighted by atomic mass is 14.5. The molecule has 0 amide bonds. The van der Waals surface area contributed by atoms with Crippen molar-refractivity contribution in [1.82, 2.24) is 0 Å². The molecule has 0 saturated heterocycles. The Hall–Kier alpha value is -0.260. The third-order valence-corrected chi connectivity index (χ3v) is 2.80. The lowest BCUT2D eigenvalue weighted by Gasteiger charge is -1.93. The van der Waals surface area contributed by atoms with E-state index >= 15 is 0 Å². The van der Waals surface area contributed by atoms with Crippen LogP contribution in [0.4, 0.5) is 0 Å². The maximum absolute atomic E-state index is 2.34. The minimum atomic E-state index is 0.912. The van der Waals surface area contributed by atoms with Crippen molar-refractivity contribution in [1.29, 1.82) is 0 Å². The van der Waals surface area contributed by atoms with Crippen molar-refractivity contribution in [2.75, 3.05) is 0 Å². The van der Waals surface area contributed by atoms with Gasteiger partial charge in [-0.05, 0) is 31.6 Å². The molecule has 0 aromatic rings. The normalized spacial score (nSPS) is 43.1. The molecule has 1 aliphatic rings. The standard InChI is InChI=1S/C9H16/c1-5-6(2)9-7(3)8(9)4/h5,7-9H,1-4H3. The minimum Gasteiger partial charge on any atom is -0.0884 e. The lowest BCUT2D eigenvalue weighted by atomic mass is 10.1. The van der Waals surface area contributed by atoms with Gasteiger partial charge in [-0.3, -0.25) is 0 Å². The average molecular weight is 124 g/mol. The summed E-state index contributed by atoms with van der Waals surface area (Å²) in [5.74, 6) is 2.80. The van der Waals surface area contributed by atoms with Crippen molar-refractivity contribution < 1.29 is 0 Å². The van der Waals surface area contributed by atoms with Crippen LogP contribution in [0.5, 0.6) is 0 Å². The molecule has 9 heavy (non-hydrogen) atoms. The quantitative estimate of drug-likeness (QED) is 0.471. The molecule has 0 bridgehead atoms. The Bertz CT molecular complexity index is 125. The Balaban J connectivity index is 2.50. The SMILES string of the molecule is CC=C(C)C1C(C)C1C. The first-order valence-corrected chi connectivity index (χ1v) is 3.81. The fourth-order valence-electron chi connectivity index (χ4n) is 1.68. The minimum absolute atomic E-state index is 0.912. The largest absolute Gasteiger partial charge is 0.0884 e. The fraction of sp³-hybridized carbons (Fsp3) is 0.778. The van der Waals surface area contributed by atoms with E-state index in [1.165, 1.54) is 0 Å². The summed E-state index contributed by atoms with van der Waals surface area (Å²) in [5, 5.41) is 0. The van der Waals surface area contributed by atoms with E-state index < -0.39 is 0 Å². The van der Waals surface area contributed by atoms with E-state index in [2.05, 4.69) is 33.8 Å². The summed E-state index contributed by atoms with van der Waals surface area (Å²) in [7, 11) is 0. The molecule has 0 N–H and O–H groups in total. The molecule has 0 aliphatic heterocycles. The molecule has 1 aliphatic carbocycles. The molecule has 1 saturated carbocycles. The van der Waals surface area contributed by atoms with Crippen LogP contribution in [0.3, 0.4) is 0 Å². The molecule has 1 fully saturated rings. The van der Waals surface area contributed by atoms with Gasteiger partial charge >= 0.3 is 0 Å². The van der Waals surface area contributed by atoms with Crippen molar-refractivity contribution >= 4 is 0 Å². The predicted molar refractivity (Wildman–Crippen MR) is 41.2 cm³/mol. The van der Waals surface area contributed by atoms with Gasteiger partial charge in [0.25, 0.3) is 0 Å². The third kappa shape index (κ3) is 1.03. The molecular formula is C9H16. The Morgan fingerprint density at radius 1 is 1.22 bits per heavy atom. The summed E-state index contributed by atoms with van der Waals surface area (Å²) in [4.78, 5) is 0. The van der Waals surface area contributed by atoms with E-state index in [-0.39, 0.29) is 0 Å². The maximum atomic E-state index is 2.34. The summed E-state index contributed by atoms with van der Waals surface area (Å²) in [6, 6.07) is 0. The average Bonchev–Trinajstić information content (AvgIpc) is 2.40. The molecule has 0 aromatic carbocycles. The van der Waals surface area contributed by atoms with Crippen molar-refractivity contribution in [3.8, 4) is 0 Å².